The van der Waals surface area contributed by atoms with Gasteiger partial charge in [0.15, 0.2) is 15.8 Å². The summed E-state index contributed by atoms with van der Waals surface area (Å²) in [5.74, 6) is -1.70. The van der Waals surface area contributed by atoms with Crippen LogP contribution in [0.1, 0.15) is 22.8 Å². The number of amides is 2. The predicted molar refractivity (Wildman–Crippen MR) is 139 cm³/mol. The SMILES string of the molecule is CCOc1cc(/C=C2/SC(=S)N(NC(=O)c3ccc(Cl)cc3)C2=O)ccc1Oc1nc(Cl)ncc1F. The van der Waals surface area contributed by atoms with Crippen LogP contribution in [0.3, 0.4) is 0 Å². The average Bonchev–Trinajstić information content (AvgIpc) is 3.10. The molecule has 2 amide bonds. The van der Waals surface area contributed by atoms with Gasteiger partial charge in [0, 0.05) is 10.6 Å². The van der Waals surface area contributed by atoms with Crippen LogP contribution in [0, 0.1) is 5.82 Å². The Balaban J connectivity index is 1.54. The van der Waals surface area contributed by atoms with Crippen LogP contribution in [0.4, 0.5) is 4.39 Å². The maximum absolute atomic E-state index is 14.0. The highest BCUT2D eigenvalue weighted by Gasteiger charge is 2.34. The van der Waals surface area contributed by atoms with E-state index in [1.165, 1.54) is 18.2 Å². The van der Waals surface area contributed by atoms with Gasteiger partial charge < -0.3 is 9.47 Å². The number of carbonyl (C=O) groups excluding carboxylic acids is 2. The number of halogens is 3. The molecular formula is C23H15Cl2FN4O4S2. The van der Waals surface area contributed by atoms with Gasteiger partial charge in [-0.05, 0) is 78.8 Å². The Hall–Kier alpha value is -3.25. The summed E-state index contributed by atoms with van der Waals surface area (Å²) in [6, 6.07) is 11.0. The fourth-order valence-corrected chi connectivity index (χ4v) is 4.39. The number of thioether (sulfide) groups is 1. The van der Waals surface area contributed by atoms with E-state index in [0.29, 0.717) is 22.8 Å². The van der Waals surface area contributed by atoms with E-state index in [0.717, 1.165) is 23.0 Å². The molecule has 1 aliphatic heterocycles. The Kier molecular flexibility index (Phi) is 8.04. The van der Waals surface area contributed by atoms with Crippen LogP contribution in [0.2, 0.25) is 10.3 Å². The van der Waals surface area contributed by atoms with Crippen molar-refractivity contribution in [1.29, 1.82) is 0 Å². The number of nitrogens with one attached hydrogen (secondary N) is 1. The minimum absolute atomic E-state index is 0.162. The summed E-state index contributed by atoms with van der Waals surface area (Å²) in [4.78, 5) is 33.0. The molecule has 3 aromatic rings. The van der Waals surface area contributed by atoms with Gasteiger partial charge in [-0.25, -0.2) is 4.98 Å². The van der Waals surface area contributed by atoms with Crippen LogP contribution < -0.4 is 14.9 Å². The van der Waals surface area contributed by atoms with Crippen LogP contribution in [-0.2, 0) is 4.79 Å². The highest BCUT2D eigenvalue weighted by molar-refractivity contribution is 8.26. The van der Waals surface area contributed by atoms with Crippen molar-refractivity contribution in [2.24, 2.45) is 0 Å². The molecule has 0 saturated carbocycles. The van der Waals surface area contributed by atoms with E-state index in [1.54, 1.807) is 37.3 Å². The largest absolute Gasteiger partial charge is 0.490 e. The lowest BCUT2D eigenvalue weighted by Crippen LogP contribution is -2.44. The fourth-order valence-electron chi connectivity index (χ4n) is 2.96. The monoisotopic (exact) mass is 564 g/mol. The number of benzene rings is 2. The summed E-state index contributed by atoms with van der Waals surface area (Å²) < 4.78 is 25.3. The van der Waals surface area contributed by atoms with Gasteiger partial charge in [0.2, 0.25) is 11.1 Å². The van der Waals surface area contributed by atoms with Gasteiger partial charge in [0.1, 0.15) is 0 Å². The molecule has 184 valence electrons. The van der Waals surface area contributed by atoms with E-state index in [4.69, 9.17) is 44.9 Å². The second-order valence-corrected chi connectivity index (χ2v) is 9.45. The van der Waals surface area contributed by atoms with Gasteiger partial charge in [-0.1, -0.05) is 29.4 Å². The Morgan fingerprint density at radius 2 is 1.97 bits per heavy atom. The normalized spacial score (nSPS) is 14.3. The summed E-state index contributed by atoms with van der Waals surface area (Å²) in [6.45, 7) is 2.07. The van der Waals surface area contributed by atoms with Crippen molar-refractivity contribution in [2.45, 2.75) is 6.92 Å². The highest BCUT2D eigenvalue weighted by atomic mass is 35.5. The first-order valence-electron chi connectivity index (χ1n) is 10.2. The molecule has 1 fully saturated rings. The molecule has 1 saturated heterocycles. The van der Waals surface area contributed by atoms with E-state index in [1.807, 2.05) is 0 Å². The maximum atomic E-state index is 14.0. The summed E-state index contributed by atoms with van der Waals surface area (Å²) in [7, 11) is 0. The zero-order valence-corrected chi connectivity index (χ0v) is 21.5. The van der Waals surface area contributed by atoms with E-state index in [2.05, 4.69) is 15.4 Å². The van der Waals surface area contributed by atoms with Crippen LogP contribution in [0.25, 0.3) is 6.08 Å². The molecule has 0 spiro atoms. The van der Waals surface area contributed by atoms with Crippen molar-refractivity contribution in [3.63, 3.8) is 0 Å². The Labute approximate surface area is 224 Å². The number of carbonyl (C=O) groups is 2. The molecular weight excluding hydrogens is 550 g/mol. The highest BCUT2D eigenvalue weighted by Crippen LogP contribution is 2.36. The quantitative estimate of drug-likeness (QED) is 0.223. The lowest BCUT2D eigenvalue weighted by molar-refractivity contribution is -0.123. The van der Waals surface area contributed by atoms with Crippen molar-refractivity contribution >= 4 is 69.4 Å². The summed E-state index contributed by atoms with van der Waals surface area (Å²) in [5.41, 5.74) is 3.40. The zero-order chi connectivity index (χ0) is 25.8. The van der Waals surface area contributed by atoms with Crippen LogP contribution >= 0.6 is 47.2 Å². The van der Waals surface area contributed by atoms with Gasteiger partial charge in [-0.2, -0.15) is 14.4 Å². The molecule has 8 nitrogen and oxygen atoms in total. The second kappa shape index (κ2) is 11.2. The van der Waals surface area contributed by atoms with Crippen molar-refractivity contribution in [3.05, 3.63) is 80.8 Å². The number of hydrogen-bond donors (Lipinski definition) is 1. The van der Waals surface area contributed by atoms with Crippen LogP contribution in [-0.4, -0.2) is 37.7 Å². The number of aromatic nitrogens is 2. The zero-order valence-electron chi connectivity index (χ0n) is 18.3. The van der Waals surface area contributed by atoms with Crippen molar-refractivity contribution in [3.8, 4) is 17.4 Å². The molecule has 1 aliphatic rings. The lowest BCUT2D eigenvalue weighted by Gasteiger charge is -2.15. The van der Waals surface area contributed by atoms with Crippen LogP contribution in [0.15, 0.2) is 53.6 Å². The third kappa shape index (κ3) is 5.93. The predicted octanol–water partition coefficient (Wildman–Crippen LogP) is 5.66. The van der Waals surface area contributed by atoms with Gasteiger partial charge >= 0.3 is 0 Å². The average molecular weight is 565 g/mol. The van der Waals surface area contributed by atoms with Crippen LogP contribution in [0.5, 0.6) is 17.4 Å². The molecule has 2 aromatic carbocycles. The molecule has 1 aromatic heterocycles. The van der Waals surface area contributed by atoms with Crippen molar-refractivity contribution < 1.29 is 23.5 Å². The van der Waals surface area contributed by atoms with E-state index in [9.17, 15) is 14.0 Å². The number of rotatable bonds is 7. The minimum atomic E-state index is -0.796. The summed E-state index contributed by atoms with van der Waals surface area (Å²) in [5, 5.41) is 1.31. The fraction of sp³-hybridized carbons (Fsp3) is 0.0870. The number of thiocarbonyl (C=S) groups is 1. The molecule has 13 heteroatoms. The Bertz CT molecular complexity index is 1390. The molecule has 1 N–H and O–H groups in total. The van der Waals surface area contributed by atoms with Crippen molar-refractivity contribution in [2.75, 3.05) is 6.61 Å². The third-order valence-electron chi connectivity index (χ3n) is 4.57. The molecule has 0 aliphatic carbocycles. The minimum Gasteiger partial charge on any atom is -0.490 e. The van der Waals surface area contributed by atoms with E-state index < -0.39 is 17.6 Å². The standard InChI is InChI=1S/C23H15Cl2FN4O4S2/c1-2-33-17-9-12(3-8-16(17)34-20-15(26)11-27-22(25)28-20)10-18-21(32)30(23(35)36-18)29-19(31)13-4-6-14(24)7-5-13/h3-11H,2H2,1H3,(H,29,31)/b18-10+. The first-order chi connectivity index (χ1) is 17.2. The second-order valence-electron chi connectivity index (χ2n) is 7.00. The number of hydrazine groups is 1. The third-order valence-corrected chi connectivity index (χ3v) is 6.30. The smallest absolute Gasteiger partial charge is 0.285 e. The summed E-state index contributed by atoms with van der Waals surface area (Å²) >= 11 is 17.9. The topological polar surface area (TPSA) is 93.7 Å². The molecule has 0 radical (unpaired) electrons. The molecule has 36 heavy (non-hydrogen) atoms. The number of hydrogen-bond acceptors (Lipinski definition) is 8. The van der Waals surface area contributed by atoms with E-state index in [-0.39, 0.29) is 31.9 Å². The maximum Gasteiger partial charge on any atom is 0.285 e. The molecule has 4 rings (SSSR count). The van der Waals surface area contributed by atoms with Crippen molar-refractivity contribution in [1.82, 2.24) is 20.4 Å². The first kappa shape index (κ1) is 25.8. The number of nitrogens with zero attached hydrogens (tertiary/aromatic N) is 3. The molecule has 0 bridgehead atoms. The Morgan fingerprint density at radius 3 is 2.69 bits per heavy atom. The summed E-state index contributed by atoms with van der Waals surface area (Å²) in [6.07, 6.45) is 2.48. The van der Waals surface area contributed by atoms with Gasteiger partial charge in [0.05, 0.1) is 17.7 Å². The molecule has 0 atom stereocenters. The molecule has 0 unspecified atom stereocenters. The van der Waals surface area contributed by atoms with Gasteiger partial charge in [-0.3, -0.25) is 15.0 Å². The lowest BCUT2D eigenvalue weighted by atomic mass is 10.2. The van der Waals surface area contributed by atoms with Gasteiger partial charge in [0.25, 0.3) is 17.7 Å². The van der Waals surface area contributed by atoms with Gasteiger partial charge in [-0.15, -0.1) is 0 Å². The number of ether oxygens (including phenoxy) is 2. The Morgan fingerprint density at radius 1 is 1.22 bits per heavy atom. The molecule has 2 heterocycles. The first-order valence-corrected chi connectivity index (χ1v) is 12.2. The van der Waals surface area contributed by atoms with E-state index >= 15 is 0 Å².